The van der Waals surface area contributed by atoms with Crippen molar-refractivity contribution in [1.82, 2.24) is 4.31 Å². The topological polar surface area (TPSA) is 113 Å². The van der Waals surface area contributed by atoms with Crippen molar-refractivity contribution < 1.29 is 26.4 Å². The molecule has 0 spiro atoms. The fourth-order valence-corrected chi connectivity index (χ4v) is 7.44. The predicted molar refractivity (Wildman–Crippen MR) is 147 cm³/mol. The molecular weight excluding hydrogens is 550 g/mol. The second kappa shape index (κ2) is 11.7. The third-order valence-corrected chi connectivity index (χ3v) is 10.1. The van der Waals surface area contributed by atoms with E-state index in [1.807, 2.05) is 0 Å². The summed E-state index contributed by atoms with van der Waals surface area (Å²) < 4.78 is 61.2. The molecule has 3 aromatic carbocycles. The summed E-state index contributed by atoms with van der Waals surface area (Å²) in [5.74, 6) is -0.506. The maximum Gasteiger partial charge on any atom is 0.264 e. The van der Waals surface area contributed by atoms with Gasteiger partial charge in [0.25, 0.3) is 10.0 Å². The Labute approximate surface area is 228 Å². The fraction of sp³-hybridized carbons (Fsp3) is 0.269. The highest BCUT2D eigenvalue weighted by atomic mass is 35.5. The number of hydrogen-bond acceptors (Lipinski definition) is 6. The number of halogens is 1. The normalized spacial score (nSPS) is 14.6. The van der Waals surface area contributed by atoms with E-state index in [1.165, 1.54) is 66.0 Å². The molecule has 0 atom stereocenters. The second-order valence-electron chi connectivity index (χ2n) is 8.68. The zero-order valence-electron chi connectivity index (χ0n) is 20.7. The Balaban J connectivity index is 1.62. The molecule has 0 radical (unpaired) electrons. The van der Waals surface area contributed by atoms with Crippen molar-refractivity contribution in [3.05, 3.63) is 77.8 Å². The summed E-state index contributed by atoms with van der Waals surface area (Å²) in [6.07, 6.45) is 2.51. The van der Waals surface area contributed by atoms with Crippen molar-refractivity contribution in [2.24, 2.45) is 0 Å². The minimum absolute atomic E-state index is 0.0158. The van der Waals surface area contributed by atoms with Gasteiger partial charge in [0.2, 0.25) is 15.9 Å². The molecule has 0 unspecified atom stereocenters. The summed E-state index contributed by atoms with van der Waals surface area (Å²) >= 11 is 5.98. The molecule has 3 aromatic rings. The monoisotopic (exact) mass is 577 g/mol. The average molecular weight is 578 g/mol. The molecule has 1 aliphatic rings. The number of carbonyl (C=O) groups is 1. The number of methoxy groups -OCH3 is 1. The van der Waals surface area contributed by atoms with Crippen LogP contribution in [0.3, 0.4) is 0 Å². The lowest BCUT2D eigenvalue weighted by Gasteiger charge is -2.27. The van der Waals surface area contributed by atoms with Gasteiger partial charge in [-0.05, 0) is 67.4 Å². The first kappa shape index (κ1) is 27.9. The van der Waals surface area contributed by atoms with E-state index in [0.29, 0.717) is 18.1 Å². The highest BCUT2D eigenvalue weighted by Crippen LogP contribution is 2.31. The smallest absolute Gasteiger partial charge is 0.264 e. The summed E-state index contributed by atoms with van der Waals surface area (Å²) in [5, 5.41) is 3.05. The molecule has 1 heterocycles. The van der Waals surface area contributed by atoms with Crippen molar-refractivity contribution in [1.29, 1.82) is 0 Å². The molecule has 1 amide bonds. The van der Waals surface area contributed by atoms with Gasteiger partial charge in [0.1, 0.15) is 17.2 Å². The minimum atomic E-state index is -4.10. The Hall–Kier alpha value is -3.12. The van der Waals surface area contributed by atoms with Crippen molar-refractivity contribution >= 4 is 48.9 Å². The Morgan fingerprint density at radius 2 is 1.61 bits per heavy atom. The van der Waals surface area contributed by atoms with Crippen molar-refractivity contribution in [2.45, 2.75) is 29.1 Å². The van der Waals surface area contributed by atoms with Crippen LogP contribution >= 0.6 is 11.6 Å². The third kappa shape index (κ3) is 6.12. The van der Waals surface area contributed by atoms with Gasteiger partial charge in [-0.2, -0.15) is 4.31 Å². The SMILES string of the molecule is COc1ccc(NC(=O)CN(c2ccc(Cl)cc2)S(=O)(=O)c2ccccc2)cc1S(=O)(=O)N1CCCCC1. The zero-order valence-corrected chi connectivity index (χ0v) is 23.1. The van der Waals surface area contributed by atoms with Gasteiger partial charge in [-0.25, -0.2) is 16.8 Å². The van der Waals surface area contributed by atoms with Gasteiger partial charge in [0, 0.05) is 23.8 Å². The number of sulfonamides is 2. The molecule has 38 heavy (non-hydrogen) atoms. The van der Waals surface area contributed by atoms with Crippen molar-refractivity contribution in [3.8, 4) is 5.75 Å². The van der Waals surface area contributed by atoms with Crippen LogP contribution in [-0.2, 0) is 24.8 Å². The molecule has 0 saturated carbocycles. The van der Waals surface area contributed by atoms with E-state index in [-0.39, 0.29) is 26.9 Å². The Morgan fingerprint density at radius 1 is 0.947 bits per heavy atom. The fourth-order valence-electron chi connectivity index (χ4n) is 4.17. The standard InChI is InChI=1S/C26H28ClN3O6S2/c1-36-24-15-12-21(18-25(24)38(34,35)29-16-6-3-7-17-29)28-26(31)19-30(22-13-10-20(27)11-14-22)37(32,33)23-8-4-2-5-9-23/h2,4-5,8-15,18H,3,6-7,16-17,19H2,1H3,(H,28,31). The van der Waals surface area contributed by atoms with Crippen LogP contribution in [0.1, 0.15) is 19.3 Å². The average Bonchev–Trinajstić information content (AvgIpc) is 2.93. The maximum absolute atomic E-state index is 13.5. The molecule has 0 aromatic heterocycles. The first-order valence-corrected chi connectivity index (χ1v) is 15.2. The summed E-state index contributed by atoms with van der Waals surface area (Å²) in [6.45, 7) is 0.268. The van der Waals surface area contributed by atoms with Crippen LogP contribution in [0.2, 0.25) is 5.02 Å². The lowest BCUT2D eigenvalue weighted by molar-refractivity contribution is -0.114. The van der Waals surface area contributed by atoms with Crippen LogP contribution in [-0.4, -0.2) is 53.8 Å². The molecule has 202 valence electrons. The van der Waals surface area contributed by atoms with Crippen LogP contribution in [0.15, 0.2) is 82.6 Å². The number of ether oxygens (including phenoxy) is 1. The maximum atomic E-state index is 13.5. The van der Waals surface area contributed by atoms with E-state index >= 15 is 0 Å². The van der Waals surface area contributed by atoms with Gasteiger partial charge in [-0.15, -0.1) is 0 Å². The van der Waals surface area contributed by atoms with E-state index in [9.17, 15) is 21.6 Å². The third-order valence-electron chi connectivity index (χ3n) is 6.11. The van der Waals surface area contributed by atoms with Gasteiger partial charge >= 0.3 is 0 Å². The highest BCUT2D eigenvalue weighted by Gasteiger charge is 2.30. The van der Waals surface area contributed by atoms with Crippen molar-refractivity contribution in [2.75, 3.05) is 36.4 Å². The number of piperidine rings is 1. The second-order valence-corrected chi connectivity index (χ2v) is 12.9. The first-order valence-electron chi connectivity index (χ1n) is 11.9. The molecule has 9 nitrogen and oxygen atoms in total. The summed E-state index contributed by atoms with van der Waals surface area (Å²) in [7, 11) is -6.58. The van der Waals surface area contributed by atoms with E-state index in [0.717, 1.165) is 23.6 Å². The number of hydrogen-bond donors (Lipinski definition) is 1. The molecule has 4 rings (SSSR count). The van der Waals surface area contributed by atoms with Gasteiger partial charge < -0.3 is 10.1 Å². The van der Waals surface area contributed by atoms with E-state index < -0.39 is 32.5 Å². The van der Waals surface area contributed by atoms with E-state index in [1.54, 1.807) is 18.2 Å². The van der Waals surface area contributed by atoms with Gasteiger partial charge in [-0.1, -0.05) is 36.2 Å². The predicted octanol–water partition coefficient (Wildman–Crippen LogP) is 4.36. The lowest BCUT2D eigenvalue weighted by Crippen LogP contribution is -2.38. The number of rotatable bonds is 9. The first-order chi connectivity index (χ1) is 18.1. The van der Waals surface area contributed by atoms with Crippen molar-refractivity contribution in [3.63, 3.8) is 0 Å². The highest BCUT2D eigenvalue weighted by molar-refractivity contribution is 7.92. The molecule has 1 fully saturated rings. The number of benzene rings is 3. The molecule has 1 aliphatic heterocycles. The van der Waals surface area contributed by atoms with E-state index in [2.05, 4.69) is 5.32 Å². The van der Waals surface area contributed by atoms with Crippen LogP contribution in [0.5, 0.6) is 5.75 Å². The Morgan fingerprint density at radius 3 is 2.24 bits per heavy atom. The quantitative estimate of drug-likeness (QED) is 0.404. The number of nitrogens with zero attached hydrogens (tertiary/aromatic N) is 2. The lowest BCUT2D eigenvalue weighted by atomic mass is 10.2. The summed E-state index contributed by atoms with van der Waals surface area (Å²) in [4.78, 5) is 13.1. The molecule has 1 saturated heterocycles. The molecular formula is C26H28ClN3O6S2. The van der Waals surface area contributed by atoms with Crippen LogP contribution in [0, 0.1) is 0 Å². The van der Waals surface area contributed by atoms with Gasteiger partial charge in [0.05, 0.1) is 17.7 Å². The number of carbonyl (C=O) groups excluding carboxylic acids is 1. The zero-order chi connectivity index (χ0) is 27.3. The minimum Gasteiger partial charge on any atom is -0.495 e. The number of anilines is 2. The Bertz CT molecular complexity index is 1490. The molecule has 1 N–H and O–H groups in total. The number of amides is 1. The summed E-state index contributed by atoms with van der Waals surface area (Å²) in [5.41, 5.74) is 0.441. The molecule has 0 aliphatic carbocycles. The molecule has 12 heteroatoms. The summed E-state index contributed by atoms with van der Waals surface area (Å²) in [6, 6.07) is 18.1. The Kier molecular flexibility index (Phi) is 8.61. The van der Waals surface area contributed by atoms with Crippen LogP contribution in [0.4, 0.5) is 11.4 Å². The number of nitrogens with one attached hydrogen (secondary N) is 1. The largest absolute Gasteiger partial charge is 0.495 e. The molecule has 0 bridgehead atoms. The van der Waals surface area contributed by atoms with Crippen LogP contribution < -0.4 is 14.4 Å². The van der Waals surface area contributed by atoms with Crippen LogP contribution in [0.25, 0.3) is 0 Å². The van der Waals surface area contributed by atoms with E-state index in [4.69, 9.17) is 16.3 Å². The van der Waals surface area contributed by atoms with Gasteiger partial charge in [-0.3, -0.25) is 9.10 Å². The van der Waals surface area contributed by atoms with Gasteiger partial charge in [0.15, 0.2) is 0 Å².